The number of thiazole rings is 1. The van der Waals surface area contributed by atoms with E-state index in [1.807, 2.05) is 12.1 Å². The van der Waals surface area contributed by atoms with Crippen molar-refractivity contribution < 1.29 is 4.79 Å². The van der Waals surface area contributed by atoms with Crippen molar-refractivity contribution in [3.05, 3.63) is 52.0 Å². The number of aromatic nitrogens is 4. The summed E-state index contributed by atoms with van der Waals surface area (Å²) in [6.07, 6.45) is 1.40. The molecular weight excluding hydrogens is 330 g/mol. The van der Waals surface area contributed by atoms with Crippen LogP contribution in [0.25, 0.3) is 10.6 Å². The first-order valence-electron chi connectivity index (χ1n) is 7.04. The average molecular weight is 345 g/mol. The molecule has 0 saturated carbocycles. The Labute approximate surface area is 142 Å². The van der Waals surface area contributed by atoms with Crippen molar-refractivity contribution in [1.82, 2.24) is 19.9 Å². The van der Waals surface area contributed by atoms with Gasteiger partial charge >= 0.3 is 0 Å². The number of amides is 1. The number of nitrogens with one attached hydrogen (secondary N) is 2. The first-order chi connectivity index (χ1) is 11.0. The molecule has 118 valence electrons. The third kappa shape index (κ3) is 3.38. The van der Waals surface area contributed by atoms with Gasteiger partial charge in [0.05, 0.1) is 0 Å². The molecular formula is C15H15N5OS2. The third-order valence-corrected chi connectivity index (χ3v) is 4.51. The molecule has 0 saturated heterocycles. The van der Waals surface area contributed by atoms with Gasteiger partial charge in [0.1, 0.15) is 17.0 Å². The van der Waals surface area contributed by atoms with Crippen molar-refractivity contribution in [2.45, 2.75) is 19.8 Å². The summed E-state index contributed by atoms with van der Waals surface area (Å²) in [5.74, 6) is 0.157. The SMILES string of the molecule is CC(C)c1ccc(-c2nc(C(=O)Nn3cn[nH]c3=S)cs2)cc1. The van der Waals surface area contributed by atoms with Gasteiger partial charge in [0.2, 0.25) is 4.77 Å². The standard InChI is InChI=1S/C15H15N5OS2/c1-9(2)10-3-5-11(6-4-10)14-17-12(7-23-14)13(21)19-20-8-16-18-15(20)22/h3-9H,1-2H3,(H,18,22)(H,19,21). The minimum atomic E-state index is -0.330. The molecule has 3 aromatic rings. The van der Waals surface area contributed by atoms with Crippen LogP contribution in [0.2, 0.25) is 0 Å². The Morgan fingerprint density at radius 3 is 2.70 bits per heavy atom. The number of rotatable bonds is 4. The number of carbonyl (C=O) groups is 1. The van der Waals surface area contributed by atoms with Gasteiger partial charge in [-0.25, -0.2) is 9.66 Å². The molecule has 6 nitrogen and oxygen atoms in total. The summed E-state index contributed by atoms with van der Waals surface area (Å²) in [6.45, 7) is 4.31. The van der Waals surface area contributed by atoms with Crippen molar-refractivity contribution in [3.8, 4) is 10.6 Å². The van der Waals surface area contributed by atoms with Crippen LogP contribution in [0.3, 0.4) is 0 Å². The van der Waals surface area contributed by atoms with Crippen molar-refractivity contribution in [1.29, 1.82) is 0 Å². The minimum Gasteiger partial charge on any atom is -0.266 e. The van der Waals surface area contributed by atoms with Crippen molar-refractivity contribution in [2.75, 3.05) is 5.43 Å². The van der Waals surface area contributed by atoms with Crippen LogP contribution in [0, 0.1) is 4.77 Å². The predicted octanol–water partition coefficient (Wildman–Crippen LogP) is 3.57. The van der Waals surface area contributed by atoms with Gasteiger partial charge in [0, 0.05) is 10.9 Å². The fourth-order valence-electron chi connectivity index (χ4n) is 2.02. The van der Waals surface area contributed by atoms with E-state index < -0.39 is 0 Å². The van der Waals surface area contributed by atoms with Gasteiger partial charge in [-0.3, -0.25) is 15.3 Å². The average Bonchev–Trinajstić information content (AvgIpc) is 3.17. The molecule has 0 atom stereocenters. The molecule has 0 aliphatic heterocycles. The van der Waals surface area contributed by atoms with Gasteiger partial charge in [-0.15, -0.1) is 11.3 Å². The Hall–Kier alpha value is -2.32. The Morgan fingerprint density at radius 2 is 2.09 bits per heavy atom. The highest BCUT2D eigenvalue weighted by Crippen LogP contribution is 2.25. The molecule has 0 radical (unpaired) electrons. The Morgan fingerprint density at radius 1 is 1.35 bits per heavy atom. The molecule has 1 amide bonds. The molecule has 0 fully saturated rings. The number of hydrogen-bond acceptors (Lipinski definition) is 5. The fourth-order valence-corrected chi connectivity index (χ4v) is 2.97. The van der Waals surface area contributed by atoms with E-state index in [4.69, 9.17) is 12.2 Å². The summed E-state index contributed by atoms with van der Waals surface area (Å²) in [5, 5.41) is 8.84. The molecule has 8 heteroatoms. The van der Waals surface area contributed by atoms with Crippen LogP contribution >= 0.6 is 23.6 Å². The molecule has 0 aliphatic rings. The maximum atomic E-state index is 12.2. The molecule has 2 heterocycles. The monoisotopic (exact) mass is 345 g/mol. The van der Waals surface area contributed by atoms with Crippen LogP contribution in [-0.2, 0) is 0 Å². The van der Waals surface area contributed by atoms with Gasteiger partial charge < -0.3 is 0 Å². The third-order valence-electron chi connectivity index (χ3n) is 3.34. The van der Waals surface area contributed by atoms with E-state index in [1.54, 1.807) is 5.38 Å². The van der Waals surface area contributed by atoms with Crippen LogP contribution in [0.4, 0.5) is 0 Å². The van der Waals surface area contributed by atoms with Gasteiger partial charge in [0.25, 0.3) is 5.91 Å². The first-order valence-corrected chi connectivity index (χ1v) is 8.32. The summed E-state index contributed by atoms with van der Waals surface area (Å²) in [7, 11) is 0. The topological polar surface area (TPSA) is 75.6 Å². The van der Waals surface area contributed by atoms with Crippen LogP contribution in [0.1, 0.15) is 35.8 Å². The largest absolute Gasteiger partial charge is 0.289 e. The van der Waals surface area contributed by atoms with Crippen LogP contribution < -0.4 is 5.43 Å². The number of aromatic amines is 1. The van der Waals surface area contributed by atoms with Crippen LogP contribution in [0.5, 0.6) is 0 Å². The normalized spacial score (nSPS) is 10.9. The Bertz CT molecular complexity index is 876. The quantitative estimate of drug-likeness (QED) is 0.709. The summed E-state index contributed by atoms with van der Waals surface area (Å²) in [6, 6.07) is 8.24. The smallest absolute Gasteiger partial charge is 0.266 e. The molecule has 23 heavy (non-hydrogen) atoms. The van der Waals surface area contributed by atoms with E-state index in [2.05, 4.69) is 46.6 Å². The maximum Gasteiger partial charge on any atom is 0.289 e. The summed E-state index contributed by atoms with van der Waals surface area (Å²) >= 11 is 6.41. The van der Waals surface area contributed by atoms with Crippen molar-refractivity contribution in [3.63, 3.8) is 0 Å². The minimum absolute atomic E-state index is 0.318. The Balaban J connectivity index is 1.78. The molecule has 2 N–H and O–H groups in total. The van der Waals surface area contributed by atoms with Crippen molar-refractivity contribution in [2.24, 2.45) is 0 Å². The number of carbonyl (C=O) groups excluding carboxylic acids is 1. The first kappa shape index (κ1) is 15.6. The van der Waals surface area contributed by atoms with Gasteiger partial charge in [-0.1, -0.05) is 38.1 Å². The highest BCUT2D eigenvalue weighted by Gasteiger charge is 2.13. The number of hydrogen-bond donors (Lipinski definition) is 2. The van der Waals surface area contributed by atoms with Gasteiger partial charge in [-0.2, -0.15) is 5.10 Å². The van der Waals surface area contributed by atoms with E-state index in [0.29, 0.717) is 16.4 Å². The van der Waals surface area contributed by atoms with E-state index in [9.17, 15) is 4.79 Å². The lowest BCUT2D eigenvalue weighted by atomic mass is 10.0. The van der Waals surface area contributed by atoms with Gasteiger partial charge in [-0.05, 0) is 23.7 Å². The molecule has 0 spiro atoms. The highest BCUT2D eigenvalue weighted by atomic mass is 32.1. The number of benzene rings is 1. The lowest BCUT2D eigenvalue weighted by molar-refractivity contribution is 0.100. The summed E-state index contributed by atoms with van der Waals surface area (Å²) in [4.78, 5) is 16.6. The van der Waals surface area contributed by atoms with Crippen LogP contribution in [0.15, 0.2) is 36.0 Å². The number of H-pyrrole nitrogens is 1. The van der Waals surface area contributed by atoms with E-state index in [0.717, 1.165) is 10.6 Å². The number of nitrogens with zero attached hydrogens (tertiary/aromatic N) is 3. The second-order valence-corrected chi connectivity index (χ2v) is 6.53. The van der Waals surface area contributed by atoms with E-state index in [1.165, 1.54) is 27.9 Å². The highest BCUT2D eigenvalue weighted by molar-refractivity contribution is 7.71. The zero-order valence-electron chi connectivity index (χ0n) is 12.6. The zero-order chi connectivity index (χ0) is 16.4. The summed E-state index contributed by atoms with van der Waals surface area (Å²) < 4.78 is 1.66. The predicted molar refractivity (Wildman–Crippen MR) is 92.7 cm³/mol. The van der Waals surface area contributed by atoms with E-state index >= 15 is 0 Å². The van der Waals surface area contributed by atoms with Crippen LogP contribution in [-0.4, -0.2) is 25.8 Å². The lowest BCUT2D eigenvalue weighted by Gasteiger charge is -2.05. The lowest BCUT2D eigenvalue weighted by Crippen LogP contribution is -2.22. The van der Waals surface area contributed by atoms with Crippen molar-refractivity contribution >= 4 is 29.5 Å². The summed E-state index contributed by atoms with van der Waals surface area (Å²) in [5.41, 5.74) is 5.24. The second kappa shape index (κ2) is 6.43. The molecule has 0 bridgehead atoms. The zero-order valence-corrected chi connectivity index (χ0v) is 14.2. The maximum absolute atomic E-state index is 12.2. The molecule has 3 rings (SSSR count). The molecule has 0 unspecified atom stereocenters. The Kier molecular flexibility index (Phi) is 4.35. The fraction of sp³-hybridized carbons (Fsp3) is 0.200. The molecule has 0 aliphatic carbocycles. The molecule has 2 aromatic heterocycles. The van der Waals surface area contributed by atoms with E-state index in [-0.39, 0.29) is 5.91 Å². The van der Waals surface area contributed by atoms with Gasteiger partial charge in [0.15, 0.2) is 0 Å². The second-order valence-electron chi connectivity index (χ2n) is 5.29. The molecule has 1 aromatic carbocycles.